The van der Waals surface area contributed by atoms with Crippen LogP contribution in [0.5, 0.6) is 0 Å². The molecule has 2 aromatic rings. The highest BCUT2D eigenvalue weighted by atomic mass is 79.9. The first-order chi connectivity index (χ1) is 15.4. The van der Waals surface area contributed by atoms with Crippen molar-refractivity contribution < 1.29 is 13.2 Å². The summed E-state index contributed by atoms with van der Waals surface area (Å²) in [4.78, 5) is 17.8. The van der Waals surface area contributed by atoms with E-state index in [0.717, 1.165) is 33.8 Å². The lowest BCUT2D eigenvalue weighted by atomic mass is 9.94. The Kier molecular flexibility index (Phi) is 8.04. The molecule has 1 saturated heterocycles. The second-order valence-electron chi connectivity index (χ2n) is 8.58. The van der Waals surface area contributed by atoms with E-state index in [1.807, 2.05) is 35.2 Å². The molecular formula is C23H30BrN3O3S2. The quantitative estimate of drug-likeness (QED) is 0.579. The van der Waals surface area contributed by atoms with E-state index < -0.39 is 16.1 Å². The lowest BCUT2D eigenvalue weighted by Gasteiger charge is -2.41. The fraction of sp³-hybridized carbons (Fsp3) is 0.522. The van der Waals surface area contributed by atoms with Crippen molar-refractivity contribution in [3.63, 3.8) is 0 Å². The minimum atomic E-state index is -3.79. The average molecular weight is 541 g/mol. The van der Waals surface area contributed by atoms with E-state index in [0.29, 0.717) is 25.6 Å². The highest BCUT2D eigenvalue weighted by Gasteiger charge is 2.33. The Bertz CT molecular complexity index is 999. The molecule has 1 atom stereocenters. The normalized spacial score (nSPS) is 19.7. The van der Waals surface area contributed by atoms with Gasteiger partial charge in [0.15, 0.2) is 0 Å². The second-order valence-corrected chi connectivity index (χ2v) is 13.0. The fourth-order valence-corrected chi connectivity index (χ4v) is 7.91. The molecule has 0 spiro atoms. The number of carbonyl (C=O) groups is 1. The zero-order valence-corrected chi connectivity index (χ0v) is 21.3. The standard InChI is InChI=1S/C23H30BrN3O3S2/c24-21-11-12-22(31-21)32(29,30)25-20(17-18-7-3-1-4-8-18)23(28)27-15-13-26(14-16-27)19-9-5-2-6-10-19/h1,3-4,7-8,11-12,19-20,25H,2,5-6,9-10,13-17H2. The highest BCUT2D eigenvalue weighted by molar-refractivity contribution is 9.11. The summed E-state index contributed by atoms with van der Waals surface area (Å²) in [5.74, 6) is -0.142. The highest BCUT2D eigenvalue weighted by Crippen LogP contribution is 2.27. The summed E-state index contributed by atoms with van der Waals surface area (Å²) in [6, 6.07) is 12.7. The van der Waals surface area contributed by atoms with Crippen LogP contribution in [0, 0.1) is 0 Å². The van der Waals surface area contributed by atoms with Crippen molar-refractivity contribution in [3.05, 3.63) is 51.8 Å². The zero-order chi connectivity index (χ0) is 22.6. The monoisotopic (exact) mass is 539 g/mol. The van der Waals surface area contributed by atoms with Gasteiger partial charge in [0.05, 0.1) is 3.79 Å². The smallest absolute Gasteiger partial charge is 0.250 e. The van der Waals surface area contributed by atoms with E-state index in [-0.39, 0.29) is 10.1 Å². The van der Waals surface area contributed by atoms with Crippen LogP contribution in [0.2, 0.25) is 0 Å². The molecule has 6 nitrogen and oxygen atoms in total. The number of benzene rings is 1. The van der Waals surface area contributed by atoms with Crippen molar-refractivity contribution >= 4 is 43.2 Å². The van der Waals surface area contributed by atoms with Gasteiger partial charge in [-0.1, -0.05) is 49.6 Å². The zero-order valence-electron chi connectivity index (χ0n) is 18.1. The molecule has 174 valence electrons. The van der Waals surface area contributed by atoms with Crippen molar-refractivity contribution in [2.45, 2.75) is 54.8 Å². The number of hydrogen-bond acceptors (Lipinski definition) is 5. The molecule has 1 aromatic carbocycles. The van der Waals surface area contributed by atoms with Crippen molar-refractivity contribution in [2.75, 3.05) is 26.2 Å². The Morgan fingerprint density at radius 3 is 2.34 bits per heavy atom. The minimum Gasteiger partial charge on any atom is -0.339 e. The van der Waals surface area contributed by atoms with E-state index >= 15 is 0 Å². The Hall–Kier alpha value is -1.26. The molecule has 2 heterocycles. The summed E-state index contributed by atoms with van der Waals surface area (Å²) in [6.45, 7) is 3.01. The van der Waals surface area contributed by atoms with Crippen LogP contribution in [0.1, 0.15) is 37.7 Å². The van der Waals surface area contributed by atoms with Crippen LogP contribution in [0.25, 0.3) is 0 Å². The third-order valence-electron chi connectivity index (χ3n) is 6.41. The third-order valence-corrected chi connectivity index (χ3v) is 10.00. The van der Waals surface area contributed by atoms with E-state index in [1.165, 1.54) is 32.1 Å². The maximum Gasteiger partial charge on any atom is 0.250 e. The molecule has 32 heavy (non-hydrogen) atoms. The average Bonchev–Trinajstić information content (AvgIpc) is 3.27. The Balaban J connectivity index is 1.46. The Labute approximate surface area is 203 Å². The van der Waals surface area contributed by atoms with Gasteiger partial charge in [-0.2, -0.15) is 4.72 Å². The summed E-state index contributed by atoms with van der Waals surface area (Å²) < 4.78 is 29.6. The molecule has 1 aliphatic heterocycles. The van der Waals surface area contributed by atoms with Crippen LogP contribution < -0.4 is 4.72 Å². The number of sulfonamides is 1. The van der Waals surface area contributed by atoms with Crippen molar-refractivity contribution in [3.8, 4) is 0 Å². The number of rotatable bonds is 7. The third kappa shape index (κ3) is 5.99. The number of halogens is 1. The largest absolute Gasteiger partial charge is 0.339 e. The molecule has 1 amide bonds. The van der Waals surface area contributed by atoms with E-state index in [4.69, 9.17) is 0 Å². The van der Waals surface area contributed by atoms with Crippen LogP contribution in [0.4, 0.5) is 0 Å². The maximum absolute atomic E-state index is 13.5. The topological polar surface area (TPSA) is 69.7 Å². The first kappa shape index (κ1) is 23.9. The number of nitrogens with zero attached hydrogens (tertiary/aromatic N) is 2. The van der Waals surface area contributed by atoms with Gasteiger partial charge in [0.2, 0.25) is 5.91 Å². The van der Waals surface area contributed by atoms with Crippen molar-refractivity contribution in [2.24, 2.45) is 0 Å². The molecule has 0 radical (unpaired) electrons. The molecule has 9 heteroatoms. The number of carbonyl (C=O) groups excluding carboxylic acids is 1. The minimum absolute atomic E-state index is 0.142. The van der Waals surface area contributed by atoms with Gasteiger partial charge in [-0.05, 0) is 52.9 Å². The summed E-state index contributed by atoms with van der Waals surface area (Å²) in [6.07, 6.45) is 6.75. The van der Waals surface area contributed by atoms with Crippen LogP contribution in [0.3, 0.4) is 0 Å². The summed E-state index contributed by atoms with van der Waals surface area (Å²) in [7, 11) is -3.79. The first-order valence-electron chi connectivity index (χ1n) is 11.3. The van der Waals surface area contributed by atoms with Crippen LogP contribution in [0.15, 0.2) is 50.5 Å². The summed E-state index contributed by atoms with van der Waals surface area (Å²) >= 11 is 4.46. The molecule has 1 saturated carbocycles. The molecular weight excluding hydrogens is 510 g/mol. The molecule has 2 fully saturated rings. The maximum atomic E-state index is 13.5. The molecule has 1 unspecified atom stereocenters. The predicted octanol–water partition coefficient (Wildman–Crippen LogP) is 3.88. The molecule has 2 aliphatic rings. The number of amides is 1. The number of hydrogen-bond donors (Lipinski definition) is 1. The van der Waals surface area contributed by atoms with Gasteiger partial charge in [0, 0.05) is 32.2 Å². The van der Waals surface area contributed by atoms with Gasteiger partial charge in [-0.3, -0.25) is 9.69 Å². The predicted molar refractivity (Wildman–Crippen MR) is 131 cm³/mol. The van der Waals surface area contributed by atoms with Crippen molar-refractivity contribution in [1.29, 1.82) is 0 Å². The van der Waals surface area contributed by atoms with Gasteiger partial charge in [-0.15, -0.1) is 11.3 Å². The Morgan fingerprint density at radius 2 is 1.72 bits per heavy atom. The van der Waals surface area contributed by atoms with Crippen molar-refractivity contribution in [1.82, 2.24) is 14.5 Å². The fourth-order valence-electron chi connectivity index (χ4n) is 4.69. The molecule has 1 N–H and O–H groups in total. The number of thiophene rings is 1. The van der Waals surface area contributed by atoms with Crippen LogP contribution >= 0.6 is 27.3 Å². The van der Waals surface area contributed by atoms with E-state index in [1.54, 1.807) is 12.1 Å². The van der Waals surface area contributed by atoms with E-state index in [2.05, 4.69) is 25.6 Å². The first-order valence-corrected chi connectivity index (χ1v) is 14.4. The molecule has 0 bridgehead atoms. The summed E-state index contributed by atoms with van der Waals surface area (Å²) in [5.41, 5.74) is 0.932. The lowest BCUT2D eigenvalue weighted by molar-refractivity contribution is -0.135. The lowest BCUT2D eigenvalue weighted by Crippen LogP contribution is -2.57. The number of nitrogens with one attached hydrogen (secondary N) is 1. The van der Waals surface area contributed by atoms with Gasteiger partial charge >= 0.3 is 0 Å². The van der Waals surface area contributed by atoms with Crippen LogP contribution in [-0.4, -0.2) is 62.4 Å². The van der Waals surface area contributed by atoms with E-state index in [9.17, 15) is 13.2 Å². The SMILES string of the molecule is O=C(C(Cc1ccccc1)NS(=O)(=O)c1ccc(Br)s1)N1CCN(C2CCCCC2)CC1. The van der Waals surface area contributed by atoms with Gasteiger partial charge in [0.25, 0.3) is 10.0 Å². The van der Waals surface area contributed by atoms with Gasteiger partial charge in [0.1, 0.15) is 10.3 Å². The molecule has 1 aromatic heterocycles. The molecule has 1 aliphatic carbocycles. The van der Waals surface area contributed by atoms with Gasteiger partial charge in [-0.25, -0.2) is 8.42 Å². The second kappa shape index (κ2) is 10.8. The van der Waals surface area contributed by atoms with Gasteiger partial charge < -0.3 is 4.90 Å². The van der Waals surface area contributed by atoms with Crippen LogP contribution in [-0.2, 0) is 21.2 Å². The number of piperazine rings is 1. The Morgan fingerprint density at radius 1 is 1.03 bits per heavy atom. The summed E-state index contributed by atoms with van der Waals surface area (Å²) in [5, 5.41) is 0. The molecule has 4 rings (SSSR count).